The summed E-state index contributed by atoms with van der Waals surface area (Å²) in [7, 11) is 0. The molecule has 0 radical (unpaired) electrons. The van der Waals surface area contributed by atoms with Gasteiger partial charge in [0, 0.05) is 26.4 Å². The molecule has 1 aliphatic rings. The topological polar surface area (TPSA) is 99.2 Å². The number of fused-ring (bicyclic) bond motifs is 1. The molecule has 0 spiro atoms. The normalized spacial score (nSPS) is 13.0. The molecule has 0 saturated carbocycles. The zero-order valence-corrected chi connectivity index (χ0v) is 16.0. The summed E-state index contributed by atoms with van der Waals surface area (Å²) in [6, 6.07) is 6.79. The molecule has 1 aromatic rings. The highest BCUT2D eigenvalue weighted by Gasteiger charge is 2.34. The van der Waals surface area contributed by atoms with Crippen molar-refractivity contribution in [1.82, 2.24) is 4.90 Å². The van der Waals surface area contributed by atoms with Gasteiger partial charge >= 0.3 is 5.97 Å². The van der Waals surface area contributed by atoms with Crippen molar-refractivity contribution in [2.24, 2.45) is 0 Å². The first-order chi connectivity index (χ1) is 13.5. The van der Waals surface area contributed by atoms with Gasteiger partial charge in [0.25, 0.3) is 11.8 Å². The number of rotatable bonds is 13. The SMILES string of the molecule is CCOC(=O)CC(=O)COCCCOCCCN1C(=O)c2ccccc2C1=O. The molecule has 2 rings (SSSR count). The molecular formula is C20H25NO7. The first kappa shape index (κ1) is 21.7. The monoisotopic (exact) mass is 391 g/mol. The molecule has 0 fully saturated rings. The average molecular weight is 391 g/mol. The first-order valence-corrected chi connectivity index (χ1v) is 9.32. The second-order valence-electron chi connectivity index (χ2n) is 6.20. The van der Waals surface area contributed by atoms with E-state index >= 15 is 0 Å². The predicted octanol–water partition coefficient (Wildman–Crippen LogP) is 1.62. The lowest BCUT2D eigenvalue weighted by atomic mass is 10.1. The zero-order chi connectivity index (χ0) is 20.4. The third kappa shape index (κ3) is 6.24. The van der Waals surface area contributed by atoms with Crippen molar-refractivity contribution >= 4 is 23.6 Å². The molecule has 0 aromatic heterocycles. The van der Waals surface area contributed by atoms with Crippen molar-refractivity contribution in [3.8, 4) is 0 Å². The van der Waals surface area contributed by atoms with Gasteiger partial charge in [-0.25, -0.2) is 0 Å². The van der Waals surface area contributed by atoms with Crippen LogP contribution in [0.2, 0.25) is 0 Å². The lowest BCUT2D eigenvalue weighted by Crippen LogP contribution is -2.31. The number of carbonyl (C=O) groups excluding carboxylic acids is 4. The minimum atomic E-state index is -0.544. The largest absolute Gasteiger partial charge is 0.466 e. The number of Topliss-reactive ketones (excluding diaryl/α,β-unsaturated/α-hetero) is 1. The predicted molar refractivity (Wildman–Crippen MR) is 98.9 cm³/mol. The molecule has 28 heavy (non-hydrogen) atoms. The molecule has 2 amide bonds. The van der Waals surface area contributed by atoms with E-state index < -0.39 is 5.97 Å². The molecule has 1 aromatic carbocycles. The van der Waals surface area contributed by atoms with E-state index in [-0.39, 0.29) is 37.2 Å². The minimum absolute atomic E-state index is 0.126. The average Bonchev–Trinajstić information content (AvgIpc) is 2.91. The molecule has 0 bridgehead atoms. The third-order valence-electron chi connectivity index (χ3n) is 4.04. The molecule has 152 valence electrons. The summed E-state index contributed by atoms with van der Waals surface area (Å²) < 4.78 is 15.3. The van der Waals surface area contributed by atoms with E-state index in [4.69, 9.17) is 9.47 Å². The molecule has 1 aliphatic heterocycles. The quantitative estimate of drug-likeness (QED) is 0.218. The lowest BCUT2D eigenvalue weighted by Gasteiger charge is -2.13. The molecule has 0 N–H and O–H groups in total. The molecule has 1 heterocycles. The maximum atomic E-state index is 12.2. The van der Waals surface area contributed by atoms with Gasteiger partial charge in [-0.15, -0.1) is 0 Å². The van der Waals surface area contributed by atoms with Crippen LogP contribution in [0.5, 0.6) is 0 Å². The van der Waals surface area contributed by atoms with Crippen LogP contribution >= 0.6 is 0 Å². The number of amides is 2. The Balaban J connectivity index is 1.50. The first-order valence-electron chi connectivity index (χ1n) is 9.32. The van der Waals surface area contributed by atoms with Crippen molar-refractivity contribution in [3.05, 3.63) is 35.4 Å². The van der Waals surface area contributed by atoms with Crippen LogP contribution in [-0.2, 0) is 23.8 Å². The van der Waals surface area contributed by atoms with Crippen molar-refractivity contribution in [1.29, 1.82) is 0 Å². The minimum Gasteiger partial charge on any atom is -0.466 e. The zero-order valence-electron chi connectivity index (χ0n) is 16.0. The number of ketones is 1. The highest BCUT2D eigenvalue weighted by Crippen LogP contribution is 2.22. The summed E-state index contributed by atoms with van der Waals surface area (Å²) in [5, 5.41) is 0. The number of hydrogen-bond donors (Lipinski definition) is 0. The second-order valence-corrected chi connectivity index (χ2v) is 6.20. The van der Waals surface area contributed by atoms with Crippen LogP contribution in [0.1, 0.15) is 46.9 Å². The molecule has 0 saturated heterocycles. The molecule has 0 aliphatic carbocycles. The third-order valence-corrected chi connectivity index (χ3v) is 4.04. The number of ether oxygens (including phenoxy) is 3. The molecule has 0 unspecified atom stereocenters. The summed E-state index contributed by atoms with van der Waals surface area (Å²) in [5.74, 6) is -1.39. The molecular weight excluding hydrogens is 366 g/mol. The summed E-state index contributed by atoms with van der Waals surface area (Å²) >= 11 is 0. The lowest BCUT2D eigenvalue weighted by molar-refractivity contribution is -0.146. The van der Waals surface area contributed by atoms with Gasteiger partial charge in [-0.3, -0.25) is 24.1 Å². The Labute approximate surface area is 163 Å². The van der Waals surface area contributed by atoms with Gasteiger partial charge < -0.3 is 14.2 Å². The summed E-state index contributed by atoms with van der Waals surface area (Å²) in [4.78, 5) is 48.2. The maximum Gasteiger partial charge on any atom is 0.313 e. The van der Waals surface area contributed by atoms with E-state index in [1.807, 2.05) is 0 Å². The molecule has 0 atom stereocenters. The van der Waals surface area contributed by atoms with Gasteiger partial charge in [-0.2, -0.15) is 0 Å². The van der Waals surface area contributed by atoms with Crippen LogP contribution in [0.4, 0.5) is 0 Å². The van der Waals surface area contributed by atoms with Crippen LogP contribution in [-0.4, -0.2) is 68.0 Å². The highest BCUT2D eigenvalue weighted by atomic mass is 16.5. The smallest absolute Gasteiger partial charge is 0.313 e. The van der Waals surface area contributed by atoms with Gasteiger partial charge in [-0.05, 0) is 31.9 Å². The maximum absolute atomic E-state index is 12.2. The van der Waals surface area contributed by atoms with Crippen molar-refractivity contribution in [3.63, 3.8) is 0 Å². The van der Waals surface area contributed by atoms with Crippen LogP contribution < -0.4 is 0 Å². The second kappa shape index (κ2) is 11.3. The van der Waals surface area contributed by atoms with E-state index in [1.165, 1.54) is 4.90 Å². The van der Waals surface area contributed by atoms with E-state index in [1.54, 1.807) is 31.2 Å². The van der Waals surface area contributed by atoms with Crippen molar-refractivity contribution in [2.45, 2.75) is 26.2 Å². The Morgan fingerprint density at radius 2 is 1.54 bits per heavy atom. The Morgan fingerprint density at radius 3 is 2.18 bits per heavy atom. The summed E-state index contributed by atoms with van der Waals surface area (Å²) in [5.41, 5.74) is 0.895. The Kier molecular flexibility index (Phi) is 8.77. The standard InChI is InChI=1S/C20H25NO7/c1-2-28-18(23)13-15(22)14-27-12-6-11-26-10-5-9-21-19(24)16-7-3-4-8-17(16)20(21)25/h3-4,7-8H,2,5-6,9-14H2,1H3. The van der Waals surface area contributed by atoms with Gasteiger partial charge in [-0.1, -0.05) is 12.1 Å². The van der Waals surface area contributed by atoms with Gasteiger partial charge in [0.15, 0.2) is 5.78 Å². The van der Waals surface area contributed by atoms with Crippen LogP contribution in [0.25, 0.3) is 0 Å². The summed E-state index contributed by atoms with van der Waals surface area (Å²) in [6.07, 6.45) is 0.867. The van der Waals surface area contributed by atoms with Crippen LogP contribution in [0, 0.1) is 0 Å². The number of esters is 1. The Bertz CT molecular complexity index is 681. The van der Waals surface area contributed by atoms with Crippen LogP contribution in [0.15, 0.2) is 24.3 Å². The molecule has 8 heteroatoms. The number of carbonyl (C=O) groups is 4. The van der Waals surface area contributed by atoms with E-state index in [2.05, 4.69) is 4.74 Å². The van der Waals surface area contributed by atoms with E-state index in [0.717, 1.165) is 0 Å². The van der Waals surface area contributed by atoms with Gasteiger partial charge in [0.05, 0.1) is 17.7 Å². The van der Waals surface area contributed by atoms with E-state index in [0.29, 0.717) is 50.3 Å². The van der Waals surface area contributed by atoms with Crippen molar-refractivity contribution < 1.29 is 33.4 Å². The Morgan fingerprint density at radius 1 is 0.929 bits per heavy atom. The Hall–Kier alpha value is -2.58. The van der Waals surface area contributed by atoms with Gasteiger partial charge in [0.2, 0.25) is 0 Å². The number of benzene rings is 1. The summed E-state index contributed by atoms with van der Waals surface area (Å²) in [6.45, 7) is 3.30. The molecule has 8 nitrogen and oxygen atoms in total. The van der Waals surface area contributed by atoms with Crippen LogP contribution in [0.3, 0.4) is 0 Å². The number of hydrogen-bond acceptors (Lipinski definition) is 7. The van der Waals surface area contributed by atoms with Crippen molar-refractivity contribution in [2.75, 3.05) is 39.6 Å². The fourth-order valence-corrected chi connectivity index (χ4v) is 2.74. The number of nitrogens with zero attached hydrogens (tertiary/aromatic N) is 1. The fraction of sp³-hybridized carbons (Fsp3) is 0.500. The highest BCUT2D eigenvalue weighted by molar-refractivity contribution is 6.21. The number of imide groups is 1. The fourth-order valence-electron chi connectivity index (χ4n) is 2.74. The van der Waals surface area contributed by atoms with Gasteiger partial charge in [0.1, 0.15) is 13.0 Å². The van der Waals surface area contributed by atoms with E-state index in [9.17, 15) is 19.2 Å².